The quantitative estimate of drug-likeness (QED) is 0.892. The van der Waals surface area contributed by atoms with Gasteiger partial charge in [0.05, 0.1) is 6.04 Å². The standard InChI is InChI=1S/C18H20N2O3/c1-13(15-7-8-16-17(11-15)23-12-22-16)20-18(21)19-10-9-14-5-3-2-4-6-14/h2-8,11,13H,9-10,12H2,1H3,(H2,19,20,21)/t13-/m0/s1. The maximum Gasteiger partial charge on any atom is 0.315 e. The minimum absolute atomic E-state index is 0.110. The average Bonchev–Trinajstić information content (AvgIpc) is 3.03. The van der Waals surface area contributed by atoms with E-state index in [4.69, 9.17) is 9.47 Å². The van der Waals surface area contributed by atoms with E-state index in [2.05, 4.69) is 22.8 Å². The Morgan fingerprint density at radius 2 is 1.91 bits per heavy atom. The molecule has 120 valence electrons. The SMILES string of the molecule is C[C@H](NC(=O)NCCc1ccccc1)c1ccc2c(c1)OCO2. The summed E-state index contributed by atoms with van der Waals surface area (Å²) in [4.78, 5) is 12.0. The van der Waals surface area contributed by atoms with E-state index in [9.17, 15) is 4.79 Å². The van der Waals surface area contributed by atoms with Gasteiger partial charge in [-0.15, -0.1) is 0 Å². The Bertz CT molecular complexity index is 673. The highest BCUT2D eigenvalue weighted by atomic mass is 16.7. The molecule has 0 spiro atoms. The van der Waals surface area contributed by atoms with Crippen molar-refractivity contribution in [2.45, 2.75) is 19.4 Å². The number of amides is 2. The van der Waals surface area contributed by atoms with Gasteiger partial charge in [0.25, 0.3) is 0 Å². The largest absolute Gasteiger partial charge is 0.454 e. The van der Waals surface area contributed by atoms with Gasteiger partial charge in [0, 0.05) is 6.54 Å². The molecule has 1 aliphatic rings. The van der Waals surface area contributed by atoms with Crippen LogP contribution in [0.5, 0.6) is 11.5 Å². The van der Waals surface area contributed by atoms with Gasteiger partial charge in [-0.25, -0.2) is 4.79 Å². The highest BCUT2D eigenvalue weighted by Crippen LogP contribution is 2.34. The average molecular weight is 312 g/mol. The molecule has 3 rings (SSSR count). The number of carbonyl (C=O) groups excluding carboxylic acids is 1. The Hall–Kier alpha value is -2.69. The summed E-state index contributed by atoms with van der Waals surface area (Å²) >= 11 is 0. The van der Waals surface area contributed by atoms with Crippen molar-refractivity contribution in [3.8, 4) is 11.5 Å². The van der Waals surface area contributed by atoms with Crippen molar-refractivity contribution in [3.05, 3.63) is 59.7 Å². The second-order valence-corrected chi connectivity index (χ2v) is 5.47. The third-order valence-electron chi connectivity index (χ3n) is 3.79. The lowest BCUT2D eigenvalue weighted by Crippen LogP contribution is -2.38. The van der Waals surface area contributed by atoms with Gasteiger partial charge >= 0.3 is 6.03 Å². The summed E-state index contributed by atoms with van der Waals surface area (Å²) in [5.74, 6) is 1.47. The van der Waals surface area contributed by atoms with Gasteiger partial charge in [-0.3, -0.25) is 0 Å². The van der Waals surface area contributed by atoms with Gasteiger partial charge in [0.15, 0.2) is 11.5 Å². The van der Waals surface area contributed by atoms with E-state index in [1.165, 1.54) is 5.56 Å². The highest BCUT2D eigenvalue weighted by molar-refractivity contribution is 5.74. The van der Waals surface area contributed by atoms with Crippen LogP contribution in [-0.4, -0.2) is 19.4 Å². The third-order valence-corrected chi connectivity index (χ3v) is 3.79. The zero-order valence-corrected chi connectivity index (χ0v) is 13.0. The number of rotatable bonds is 5. The van der Waals surface area contributed by atoms with Gasteiger partial charge in [0.2, 0.25) is 6.79 Å². The Labute approximate surface area is 135 Å². The van der Waals surface area contributed by atoms with E-state index in [1.807, 2.05) is 43.3 Å². The van der Waals surface area contributed by atoms with Crippen LogP contribution in [0.2, 0.25) is 0 Å². The molecule has 2 N–H and O–H groups in total. The van der Waals surface area contributed by atoms with Crippen LogP contribution in [0.25, 0.3) is 0 Å². The Balaban J connectivity index is 1.47. The third kappa shape index (κ3) is 3.94. The van der Waals surface area contributed by atoms with Crippen molar-refractivity contribution in [3.63, 3.8) is 0 Å². The van der Waals surface area contributed by atoms with Crippen molar-refractivity contribution < 1.29 is 14.3 Å². The van der Waals surface area contributed by atoms with E-state index in [1.54, 1.807) is 0 Å². The van der Waals surface area contributed by atoms with E-state index >= 15 is 0 Å². The minimum atomic E-state index is -0.175. The zero-order valence-electron chi connectivity index (χ0n) is 13.0. The number of hydrogen-bond acceptors (Lipinski definition) is 3. The summed E-state index contributed by atoms with van der Waals surface area (Å²) < 4.78 is 10.6. The molecule has 0 fully saturated rings. The Morgan fingerprint density at radius 1 is 1.13 bits per heavy atom. The molecule has 2 aromatic carbocycles. The molecule has 0 aliphatic carbocycles. The van der Waals surface area contributed by atoms with Crippen molar-refractivity contribution >= 4 is 6.03 Å². The Kier molecular flexibility index (Phi) is 4.66. The van der Waals surface area contributed by atoms with Crippen LogP contribution >= 0.6 is 0 Å². The second-order valence-electron chi connectivity index (χ2n) is 5.47. The summed E-state index contributed by atoms with van der Waals surface area (Å²) in [6.45, 7) is 2.79. The van der Waals surface area contributed by atoms with Crippen LogP contribution in [0.1, 0.15) is 24.1 Å². The first-order chi connectivity index (χ1) is 11.2. The topological polar surface area (TPSA) is 59.6 Å². The molecule has 0 saturated carbocycles. The first-order valence-corrected chi connectivity index (χ1v) is 7.70. The van der Waals surface area contributed by atoms with Crippen molar-refractivity contribution in [2.75, 3.05) is 13.3 Å². The summed E-state index contributed by atoms with van der Waals surface area (Å²) in [6, 6.07) is 15.5. The lowest BCUT2D eigenvalue weighted by atomic mass is 10.1. The summed E-state index contributed by atoms with van der Waals surface area (Å²) in [5.41, 5.74) is 2.18. The molecular weight excluding hydrogens is 292 g/mol. The number of nitrogens with one attached hydrogen (secondary N) is 2. The molecule has 5 heteroatoms. The monoisotopic (exact) mass is 312 g/mol. The maximum absolute atomic E-state index is 12.0. The van der Waals surface area contributed by atoms with Crippen LogP contribution in [0.15, 0.2) is 48.5 Å². The predicted octanol–water partition coefficient (Wildman–Crippen LogP) is 3.02. The molecule has 0 saturated heterocycles. The van der Waals surface area contributed by atoms with Crippen LogP contribution in [0.4, 0.5) is 4.79 Å². The van der Waals surface area contributed by atoms with Crippen molar-refractivity contribution in [1.82, 2.24) is 10.6 Å². The molecule has 1 heterocycles. The fourth-order valence-electron chi connectivity index (χ4n) is 2.48. The molecule has 2 aromatic rings. The lowest BCUT2D eigenvalue weighted by Gasteiger charge is -2.15. The van der Waals surface area contributed by atoms with E-state index in [0.717, 1.165) is 23.5 Å². The fraction of sp³-hybridized carbons (Fsp3) is 0.278. The highest BCUT2D eigenvalue weighted by Gasteiger charge is 2.16. The molecule has 1 atom stereocenters. The maximum atomic E-state index is 12.0. The first-order valence-electron chi connectivity index (χ1n) is 7.70. The molecule has 0 unspecified atom stereocenters. The van der Waals surface area contributed by atoms with Gasteiger partial charge in [-0.1, -0.05) is 36.4 Å². The second kappa shape index (κ2) is 7.05. The summed E-state index contributed by atoms with van der Waals surface area (Å²) in [7, 11) is 0. The van der Waals surface area contributed by atoms with Gasteiger partial charge in [0.1, 0.15) is 0 Å². The number of fused-ring (bicyclic) bond motifs is 1. The number of hydrogen-bond donors (Lipinski definition) is 2. The molecule has 2 amide bonds. The molecule has 5 nitrogen and oxygen atoms in total. The molecular formula is C18H20N2O3. The smallest absolute Gasteiger partial charge is 0.315 e. The zero-order chi connectivity index (χ0) is 16.1. The van der Waals surface area contributed by atoms with Gasteiger partial charge < -0.3 is 20.1 Å². The molecule has 0 radical (unpaired) electrons. The van der Waals surface area contributed by atoms with Gasteiger partial charge in [-0.05, 0) is 36.6 Å². The van der Waals surface area contributed by atoms with Crippen LogP contribution < -0.4 is 20.1 Å². The van der Waals surface area contributed by atoms with E-state index in [-0.39, 0.29) is 18.9 Å². The number of carbonyl (C=O) groups is 1. The molecule has 23 heavy (non-hydrogen) atoms. The van der Waals surface area contributed by atoms with Crippen molar-refractivity contribution in [1.29, 1.82) is 0 Å². The summed E-state index contributed by atoms with van der Waals surface area (Å²) in [6.07, 6.45) is 0.812. The van der Waals surface area contributed by atoms with E-state index < -0.39 is 0 Å². The minimum Gasteiger partial charge on any atom is -0.454 e. The first kappa shape index (κ1) is 15.2. The number of urea groups is 1. The van der Waals surface area contributed by atoms with E-state index in [0.29, 0.717) is 6.54 Å². The van der Waals surface area contributed by atoms with Gasteiger partial charge in [-0.2, -0.15) is 0 Å². The van der Waals surface area contributed by atoms with Crippen LogP contribution in [-0.2, 0) is 6.42 Å². The molecule has 0 bridgehead atoms. The Morgan fingerprint density at radius 3 is 2.74 bits per heavy atom. The van der Waals surface area contributed by atoms with Crippen LogP contribution in [0, 0.1) is 0 Å². The van der Waals surface area contributed by atoms with Crippen LogP contribution in [0.3, 0.4) is 0 Å². The number of benzene rings is 2. The summed E-state index contributed by atoms with van der Waals surface area (Å²) in [5, 5.41) is 5.81. The number of ether oxygens (including phenoxy) is 2. The van der Waals surface area contributed by atoms with Crippen molar-refractivity contribution in [2.24, 2.45) is 0 Å². The predicted molar refractivity (Wildman–Crippen MR) is 87.7 cm³/mol. The molecule has 0 aromatic heterocycles. The normalized spacial score (nSPS) is 13.4. The molecule has 1 aliphatic heterocycles. The lowest BCUT2D eigenvalue weighted by molar-refractivity contribution is 0.174. The fourth-order valence-corrected chi connectivity index (χ4v) is 2.48.